The third-order valence-electron chi connectivity index (χ3n) is 3.40. The van der Waals surface area contributed by atoms with E-state index in [1.807, 2.05) is 17.5 Å². The van der Waals surface area contributed by atoms with Gasteiger partial charge >= 0.3 is 6.03 Å². The highest BCUT2D eigenvalue weighted by atomic mass is 32.1. The first-order chi connectivity index (χ1) is 9.81. The largest absolute Gasteiger partial charge is 0.443 e. The number of urea groups is 1. The fraction of sp³-hybridized carbons (Fsp3) is 0.429. The second-order valence-corrected chi connectivity index (χ2v) is 5.88. The molecule has 2 N–H and O–H groups in total. The Morgan fingerprint density at radius 1 is 1.45 bits per heavy atom. The minimum absolute atomic E-state index is 0.127. The maximum Gasteiger partial charge on any atom is 0.315 e. The van der Waals surface area contributed by atoms with Gasteiger partial charge in [-0.15, -0.1) is 11.3 Å². The van der Waals surface area contributed by atoms with E-state index in [0.29, 0.717) is 18.5 Å². The van der Waals surface area contributed by atoms with E-state index < -0.39 is 0 Å². The van der Waals surface area contributed by atoms with E-state index in [2.05, 4.69) is 15.6 Å². The standard InChI is InChI=1S/C14H17N3O2S/c18-14(17-10-4-1-2-5-10)15-8-11-9-19-13(16-11)12-6-3-7-20-12/h3,6-7,9-10H,1-2,4-5,8H2,(H2,15,17,18). The van der Waals surface area contributed by atoms with Gasteiger partial charge in [-0.1, -0.05) is 18.9 Å². The molecule has 0 atom stereocenters. The van der Waals surface area contributed by atoms with Gasteiger partial charge in [0.05, 0.1) is 17.1 Å². The molecule has 106 valence electrons. The van der Waals surface area contributed by atoms with Gasteiger partial charge in [-0.2, -0.15) is 0 Å². The molecule has 0 radical (unpaired) electrons. The van der Waals surface area contributed by atoms with Gasteiger partial charge in [0, 0.05) is 6.04 Å². The molecule has 0 aliphatic heterocycles. The summed E-state index contributed by atoms with van der Waals surface area (Å²) in [6.07, 6.45) is 6.17. The molecule has 2 heterocycles. The van der Waals surface area contributed by atoms with Crippen LogP contribution in [0.25, 0.3) is 10.8 Å². The lowest BCUT2D eigenvalue weighted by Gasteiger charge is -2.11. The Labute approximate surface area is 121 Å². The van der Waals surface area contributed by atoms with Crippen molar-refractivity contribution in [1.29, 1.82) is 0 Å². The summed E-state index contributed by atoms with van der Waals surface area (Å²) in [6.45, 7) is 0.382. The molecule has 0 unspecified atom stereocenters. The normalized spacial score (nSPS) is 15.4. The van der Waals surface area contributed by atoms with Gasteiger partial charge in [0.25, 0.3) is 0 Å². The maximum atomic E-state index is 11.7. The molecule has 2 aromatic heterocycles. The molecule has 5 nitrogen and oxygen atoms in total. The monoisotopic (exact) mass is 291 g/mol. The topological polar surface area (TPSA) is 67.2 Å². The summed E-state index contributed by atoms with van der Waals surface area (Å²) < 4.78 is 5.40. The Balaban J connectivity index is 1.49. The number of nitrogens with one attached hydrogen (secondary N) is 2. The lowest BCUT2D eigenvalue weighted by atomic mass is 10.2. The number of nitrogens with zero attached hydrogens (tertiary/aromatic N) is 1. The molecule has 3 rings (SSSR count). The number of hydrogen-bond acceptors (Lipinski definition) is 4. The number of carbonyl (C=O) groups is 1. The summed E-state index contributed by atoms with van der Waals surface area (Å²) in [7, 11) is 0. The van der Waals surface area contributed by atoms with E-state index >= 15 is 0 Å². The Bertz CT molecular complexity index is 559. The van der Waals surface area contributed by atoms with E-state index in [0.717, 1.165) is 23.4 Å². The molecule has 0 saturated heterocycles. The van der Waals surface area contributed by atoms with Gasteiger partial charge < -0.3 is 15.1 Å². The first-order valence-electron chi connectivity index (χ1n) is 6.84. The number of hydrogen-bond donors (Lipinski definition) is 2. The molecule has 1 aliphatic carbocycles. The average molecular weight is 291 g/mol. The van der Waals surface area contributed by atoms with Crippen molar-refractivity contribution in [3.05, 3.63) is 29.5 Å². The zero-order valence-corrected chi connectivity index (χ0v) is 11.9. The average Bonchev–Trinajstić information content (AvgIpc) is 3.18. The van der Waals surface area contributed by atoms with Crippen LogP contribution in [-0.2, 0) is 6.54 Å². The number of amides is 2. The zero-order chi connectivity index (χ0) is 13.8. The van der Waals surface area contributed by atoms with E-state index in [9.17, 15) is 4.79 Å². The number of oxazole rings is 1. The molecule has 1 aliphatic rings. The molecule has 1 saturated carbocycles. The van der Waals surface area contributed by atoms with Crippen LogP contribution in [0, 0.1) is 0 Å². The summed E-state index contributed by atoms with van der Waals surface area (Å²) in [5.74, 6) is 0.605. The molecule has 0 aromatic carbocycles. The lowest BCUT2D eigenvalue weighted by molar-refractivity contribution is 0.236. The quantitative estimate of drug-likeness (QED) is 0.909. The van der Waals surface area contributed by atoms with Gasteiger partial charge in [0.2, 0.25) is 5.89 Å². The van der Waals surface area contributed by atoms with Crippen molar-refractivity contribution in [3.63, 3.8) is 0 Å². The highest BCUT2D eigenvalue weighted by molar-refractivity contribution is 7.13. The fourth-order valence-corrected chi connectivity index (χ4v) is 3.03. The minimum atomic E-state index is -0.127. The minimum Gasteiger partial charge on any atom is -0.443 e. The maximum absolute atomic E-state index is 11.7. The Kier molecular flexibility index (Phi) is 4.01. The molecule has 20 heavy (non-hydrogen) atoms. The summed E-state index contributed by atoms with van der Waals surface area (Å²) in [5, 5.41) is 7.77. The molecule has 2 aromatic rings. The van der Waals surface area contributed by atoms with Crippen LogP contribution in [0.3, 0.4) is 0 Å². The number of aromatic nitrogens is 1. The van der Waals surface area contributed by atoms with E-state index in [-0.39, 0.29) is 6.03 Å². The van der Waals surface area contributed by atoms with Gasteiger partial charge in [-0.05, 0) is 24.3 Å². The van der Waals surface area contributed by atoms with Crippen LogP contribution in [0.15, 0.2) is 28.2 Å². The molecule has 0 spiro atoms. The third kappa shape index (κ3) is 3.19. The molecule has 2 amide bonds. The second kappa shape index (κ2) is 6.09. The molecule has 1 fully saturated rings. The van der Waals surface area contributed by atoms with Crippen LogP contribution in [0.1, 0.15) is 31.4 Å². The highest BCUT2D eigenvalue weighted by Crippen LogP contribution is 2.23. The van der Waals surface area contributed by atoms with E-state index in [4.69, 9.17) is 4.42 Å². The van der Waals surface area contributed by atoms with Crippen LogP contribution in [0.5, 0.6) is 0 Å². The predicted molar refractivity (Wildman–Crippen MR) is 77.4 cm³/mol. The number of carbonyl (C=O) groups excluding carboxylic acids is 1. The van der Waals surface area contributed by atoms with Crippen LogP contribution >= 0.6 is 11.3 Å². The summed E-state index contributed by atoms with van der Waals surface area (Å²) in [6, 6.07) is 4.11. The second-order valence-electron chi connectivity index (χ2n) is 4.93. The zero-order valence-electron chi connectivity index (χ0n) is 11.1. The summed E-state index contributed by atoms with van der Waals surface area (Å²) in [4.78, 5) is 17.1. The first kappa shape index (κ1) is 13.2. The number of rotatable bonds is 4. The van der Waals surface area contributed by atoms with Crippen molar-refractivity contribution in [3.8, 4) is 10.8 Å². The van der Waals surface area contributed by atoms with Gasteiger partial charge in [0.15, 0.2) is 0 Å². The molecular weight excluding hydrogens is 274 g/mol. The Morgan fingerprint density at radius 2 is 2.30 bits per heavy atom. The van der Waals surface area contributed by atoms with Gasteiger partial charge in [-0.3, -0.25) is 0 Å². The molecule has 6 heteroatoms. The Hall–Kier alpha value is -1.82. The van der Waals surface area contributed by atoms with E-state index in [1.54, 1.807) is 17.6 Å². The van der Waals surface area contributed by atoms with E-state index in [1.165, 1.54) is 12.8 Å². The van der Waals surface area contributed by atoms with Crippen molar-refractivity contribution in [2.24, 2.45) is 0 Å². The van der Waals surface area contributed by atoms with Gasteiger partial charge in [-0.25, -0.2) is 9.78 Å². The SMILES string of the molecule is O=C(NCc1coc(-c2cccs2)n1)NC1CCCC1. The van der Waals surface area contributed by atoms with Crippen molar-refractivity contribution < 1.29 is 9.21 Å². The Morgan fingerprint density at radius 3 is 3.05 bits per heavy atom. The lowest BCUT2D eigenvalue weighted by Crippen LogP contribution is -2.40. The third-order valence-corrected chi connectivity index (χ3v) is 4.26. The summed E-state index contributed by atoms with van der Waals surface area (Å²) in [5.41, 5.74) is 0.731. The highest BCUT2D eigenvalue weighted by Gasteiger charge is 2.17. The number of thiophene rings is 1. The van der Waals surface area contributed by atoms with Crippen molar-refractivity contribution in [2.75, 3.05) is 0 Å². The first-order valence-corrected chi connectivity index (χ1v) is 7.72. The van der Waals surface area contributed by atoms with Crippen molar-refractivity contribution >= 4 is 17.4 Å². The van der Waals surface area contributed by atoms with Crippen LogP contribution in [0.4, 0.5) is 4.79 Å². The van der Waals surface area contributed by atoms with Crippen LogP contribution < -0.4 is 10.6 Å². The predicted octanol–water partition coefficient (Wildman–Crippen LogP) is 3.14. The smallest absolute Gasteiger partial charge is 0.315 e. The molecular formula is C14H17N3O2S. The summed E-state index contributed by atoms with van der Waals surface area (Å²) >= 11 is 1.58. The van der Waals surface area contributed by atoms with Crippen LogP contribution in [0.2, 0.25) is 0 Å². The van der Waals surface area contributed by atoms with Crippen LogP contribution in [-0.4, -0.2) is 17.1 Å². The van der Waals surface area contributed by atoms with Crippen molar-refractivity contribution in [1.82, 2.24) is 15.6 Å². The fourth-order valence-electron chi connectivity index (χ4n) is 2.38. The molecule has 0 bridgehead atoms. The van der Waals surface area contributed by atoms with Crippen molar-refractivity contribution in [2.45, 2.75) is 38.3 Å². The van der Waals surface area contributed by atoms with Gasteiger partial charge in [0.1, 0.15) is 6.26 Å².